The Bertz CT molecular complexity index is 698. The molecule has 8 heteroatoms. The predicted molar refractivity (Wildman–Crippen MR) is 127 cm³/mol. The molecule has 0 radical (unpaired) electrons. The summed E-state index contributed by atoms with van der Waals surface area (Å²) in [7, 11) is 0. The number of thioether (sulfide) groups is 1. The normalized spacial score (nSPS) is 10.9. The fourth-order valence-corrected chi connectivity index (χ4v) is 2.77. The van der Waals surface area contributed by atoms with Crippen LogP contribution in [0.5, 0.6) is 11.6 Å². The van der Waals surface area contributed by atoms with E-state index in [-0.39, 0.29) is 29.8 Å². The molecule has 2 aromatic rings. The molecule has 0 atom stereocenters. The fourth-order valence-electron chi connectivity index (χ4n) is 2.28. The summed E-state index contributed by atoms with van der Waals surface area (Å²) in [5.41, 5.74) is 0.987. The number of aliphatic imine (C=N–C) groups is 1. The monoisotopic (exact) mass is 518 g/mol. The standard InChI is InChI=1S/C20H27FN4OS.HI/c1-3-22-20(23-12-4-5-13-27-2)25-15-16-6-11-19(24-14-16)26-18-9-7-17(21)8-10-18;/h6-11,14H,3-5,12-13,15H2,1-2H3,(H2,22,23,25);1H. The van der Waals surface area contributed by atoms with Crippen LogP contribution in [0.3, 0.4) is 0 Å². The van der Waals surface area contributed by atoms with Gasteiger partial charge in [0.05, 0.1) is 6.54 Å². The molecule has 0 unspecified atom stereocenters. The molecule has 1 heterocycles. The van der Waals surface area contributed by atoms with Gasteiger partial charge in [-0.3, -0.25) is 0 Å². The van der Waals surface area contributed by atoms with E-state index >= 15 is 0 Å². The van der Waals surface area contributed by atoms with Gasteiger partial charge in [-0.05, 0) is 61.6 Å². The Morgan fingerprint density at radius 3 is 2.57 bits per heavy atom. The minimum atomic E-state index is -0.294. The number of guanidine groups is 1. The van der Waals surface area contributed by atoms with E-state index in [4.69, 9.17) is 4.74 Å². The largest absolute Gasteiger partial charge is 0.439 e. The average molecular weight is 518 g/mol. The van der Waals surface area contributed by atoms with Crippen LogP contribution < -0.4 is 15.4 Å². The van der Waals surface area contributed by atoms with Crippen LogP contribution in [-0.2, 0) is 6.54 Å². The van der Waals surface area contributed by atoms with E-state index in [9.17, 15) is 4.39 Å². The van der Waals surface area contributed by atoms with Gasteiger partial charge in [0.1, 0.15) is 11.6 Å². The summed E-state index contributed by atoms with van der Waals surface area (Å²) in [5, 5.41) is 6.60. The fraction of sp³-hybridized carbons (Fsp3) is 0.400. The Labute approximate surface area is 188 Å². The third-order valence-corrected chi connectivity index (χ3v) is 4.36. The van der Waals surface area contributed by atoms with E-state index in [0.717, 1.165) is 31.0 Å². The molecular weight excluding hydrogens is 490 g/mol. The van der Waals surface area contributed by atoms with E-state index in [1.807, 2.05) is 24.8 Å². The van der Waals surface area contributed by atoms with Gasteiger partial charge in [-0.2, -0.15) is 11.8 Å². The lowest BCUT2D eigenvalue weighted by Gasteiger charge is -2.11. The first-order valence-electron chi connectivity index (χ1n) is 9.10. The second-order valence-electron chi connectivity index (χ2n) is 5.88. The van der Waals surface area contributed by atoms with Crippen molar-refractivity contribution >= 4 is 41.7 Å². The van der Waals surface area contributed by atoms with Crippen LogP contribution in [-0.4, -0.2) is 36.0 Å². The number of unbranched alkanes of at least 4 members (excludes halogenated alkanes) is 1. The van der Waals surface area contributed by atoms with Crippen molar-refractivity contribution in [2.45, 2.75) is 26.3 Å². The zero-order valence-electron chi connectivity index (χ0n) is 16.3. The summed E-state index contributed by atoms with van der Waals surface area (Å²) >= 11 is 1.87. The van der Waals surface area contributed by atoms with E-state index in [1.165, 1.54) is 24.3 Å². The van der Waals surface area contributed by atoms with Crippen molar-refractivity contribution in [2.75, 3.05) is 25.1 Å². The number of nitrogens with zero attached hydrogens (tertiary/aromatic N) is 2. The van der Waals surface area contributed by atoms with Crippen LogP contribution in [0.1, 0.15) is 25.3 Å². The van der Waals surface area contributed by atoms with Gasteiger partial charge in [-0.1, -0.05) is 6.07 Å². The minimum Gasteiger partial charge on any atom is -0.439 e. The predicted octanol–water partition coefficient (Wildman–Crippen LogP) is 4.83. The first-order chi connectivity index (χ1) is 13.2. The highest BCUT2D eigenvalue weighted by Gasteiger charge is 2.01. The summed E-state index contributed by atoms with van der Waals surface area (Å²) < 4.78 is 18.5. The number of hydrogen-bond donors (Lipinski definition) is 2. The Hall–Kier alpha value is -1.55. The molecule has 0 bridgehead atoms. The molecule has 0 aliphatic heterocycles. The summed E-state index contributed by atoms with van der Waals surface area (Å²) in [4.78, 5) is 8.88. The third-order valence-electron chi connectivity index (χ3n) is 3.67. The summed E-state index contributed by atoms with van der Waals surface area (Å²) in [5.74, 6) is 2.72. The second kappa shape index (κ2) is 14.4. The van der Waals surface area contributed by atoms with Crippen molar-refractivity contribution in [3.05, 3.63) is 54.0 Å². The lowest BCUT2D eigenvalue weighted by molar-refractivity contribution is 0.461. The van der Waals surface area contributed by atoms with E-state index in [0.29, 0.717) is 18.2 Å². The Morgan fingerprint density at radius 2 is 1.93 bits per heavy atom. The molecule has 0 fully saturated rings. The topological polar surface area (TPSA) is 58.5 Å². The number of halogens is 2. The number of ether oxygens (including phenoxy) is 1. The Morgan fingerprint density at radius 1 is 1.14 bits per heavy atom. The molecule has 5 nitrogen and oxygen atoms in total. The lowest BCUT2D eigenvalue weighted by atomic mass is 10.3. The maximum absolute atomic E-state index is 12.9. The molecule has 0 aliphatic carbocycles. The van der Waals surface area contributed by atoms with Gasteiger partial charge < -0.3 is 15.4 Å². The van der Waals surface area contributed by atoms with Crippen molar-refractivity contribution in [1.29, 1.82) is 0 Å². The zero-order chi connectivity index (χ0) is 19.3. The van der Waals surface area contributed by atoms with Crippen LogP contribution in [0.4, 0.5) is 4.39 Å². The number of pyridine rings is 1. The number of rotatable bonds is 10. The van der Waals surface area contributed by atoms with E-state index < -0.39 is 0 Å². The first kappa shape index (κ1) is 24.5. The molecule has 0 saturated carbocycles. The number of hydrogen-bond acceptors (Lipinski definition) is 4. The van der Waals surface area contributed by atoms with Crippen molar-refractivity contribution in [3.63, 3.8) is 0 Å². The van der Waals surface area contributed by atoms with Gasteiger partial charge in [-0.15, -0.1) is 24.0 Å². The number of benzene rings is 1. The highest BCUT2D eigenvalue weighted by Crippen LogP contribution is 2.19. The molecule has 1 aromatic heterocycles. The average Bonchev–Trinajstić information content (AvgIpc) is 2.69. The van der Waals surface area contributed by atoms with Gasteiger partial charge >= 0.3 is 0 Å². The van der Waals surface area contributed by atoms with E-state index in [1.54, 1.807) is 24.4 Å². The van der Waals surface area contributed by atoms with Gasteiger partial charge in [0, 0.05) is 25.4 Å². The lowest BCUT2D eigenvalue weighted by Crippen LogP contribution is -2.37. The first-order valence-corrected chi connectivity index (χ1v) is 10.5. The maximum atomic E-state index is 12.9. The molecule has 0 amide bonds. The SMILES string of the molecule is CCNC(=NCc1ccc(Oc2ccc(F)cc2)nc1)NCCCCSC.I. The van der Waals surface area contributed by atoms with Crippen molar-refractivity contribution in [2.24, 2.45) is 4.99 Å². The van der Waals surface area contributed by atoms with Gasteiger partial charge in [-0.25, -0.2) is 14.4 Å². The zero-order valence-corrected chi connectivity index (χ0v) is 19.4. The number of aromatic nitrogens is 1. The molecule has 154 valence electrons. The van der Waals surface area contributed by atoms with Crippen LogP contribution in [0.2, 0.25) is 0 Å². The highest BCUT2D eigenvalue weighted by molar-refractivity contribution is 14.0. The number of nitrogens with one attached hydrogen (secondary N) is 2. The molecule has 0 aliphatic rings. The Kier molecular flexibility index (Phi) is 12.6. The van der Waals surface area contributed by atoms with Crippen molar-refractivity contribution in [1.82, 2.24) is 15.6 Å². The quantitative estimate of drug-likeness (QED) is 0.204. The molecule has 2 rings (SSSR count). The third kappa shape index (κ3) is 9.59. The van der Waals surface area contributed by atoms with Gasteiger partial charge in [0.2, 0.25) is 5.88 Å². The molecule has 28 heavy (non-hydrogen) atoms. The van der Waals surface area contributed by atoms with Crippen molar-refractivity contribution < 1.29 is 9.13 Å². The molecular formula is C20H28FIN4OS. The van der Waals surface area contributed by atoms with E-state index in [2.05, 4.69) is 26.9 Å². The summed E-state index contributed by atoms with van der Waals surface area (Å²) in [6, 6.07) is 9.57. The van der Waals surface area contributed by atoms with Gasteiger partial charge in [0.15, 0.2) is 5.96 Å². The minimum absolute atomic E-state index is 0. The summed E-state index contributed by atoms with van der Waals surface area (Å²) in [6.45, 7) is 4.31. The smallest absolute Gasteiger partial charge is 0.219 e. The highest BCUT2D eigenvalue weighted by atomic mass is 127. The summed E-state index contributed by atoms with van der Waals surface area (Å²) in [6.07, 6.45) is 6.20. The van der Waals surface area contributed by atoms with Crippen molar-refractivity contribution in [3.8, 4) is 11.6 Å². The van der Waals surface area contributed by atoms with Gasteiger partial charge in [0.25, 0.3) is 0 Å². The van der Waals surface area contributed by atoms with Crippen LogP contribution in [0, 0.1) is 5.82 Å². The van der Waals surface area contributed by atoms with Crippen LogP contribution in [0.15, 0.2) is 47.6 Å². The Balaban J connectivity index is 0.00000392. The second-order valence-corrected chi connectivity index (χ2v) is 6.87. The molecule has 2 N–H and O–H groups in total. The van der Waals surface area contributed by atoms with Crippen LogP contribution >= 0.6 is 35.7 Å². The van der Waals surface area contributed by atoms with Crippen LogP contribution in [0.25, 0.3) is 0 Å². The molecule has 1 aromatic carbocycles. The molecule has 0 spiro atoms. The molecule has 0 saturated heterocycles. The maximum Gasteiger partial charge on any atom is 0.219 e.